The van der Waals surface area contributed by atoms with Gasteiger partial charge in [-0.3, -0.25) is 4.79 Å². The monoisotopic (exact) mass is 399 g/mol. The van der Waals surface area contributed by atoms with Crippen LogP contribution < -0.4 is 4.74 Å². The van der Waals surface area contributed by atoms with Gasteiger partial charge in [0.15, 0.2) is 6.61 Å². The van der Waals surface area contributed by atoms with E-state index in [0.29, 0.717) is 15.8 Å². The SMILES string of the molecule is CCOC(=O)/C=C1\SCC(=O)N1CCOC(=O)COc1cccc(Cl)c1. The molecule has 0 aromatic heterocycles. The first-order valence-electron chi connectivity index (χ1n) is 7.85. The summed E-state index contributed by atoms with van der Waals surface area (Å²) in [7, 11) is 0. The number of rotatable bonds is 8. The summed E-state index contributed by atoms with van der Waals surface area (Å²) in [5.41, 5.74) is 0. The minimum absolute atomic E-state index is 0.00972. The van der Waals surface area contributed by atoms with Gasteiger partial charge in [0.25, 0.3) is 0 Å². The Hall–Kier alpha value is -2.19. The number of hydrogen-bond donors (Lipinski definition) is 0. The first kappa shape index (κ1) is 20.1. The van der Waals surface area contributed by atoms with Crippen molar-refractivity contribution in [1.29, 1.82) is 0 Å². The lowest BCUT2D eigenvalue weighted by molar-refractivity contribution is -0.147. The van der Waals surface area contributed by atoms with Crippen molar-refractivity contribution in [2.75, 3.05) is 32.1 Å². The lowest BCUT2D eigenvalue weighted by Gasteiger charge is -2.16. The molecule has 0 spiro atoms. The number of carbonyl (C=O) groups excluding carboxylic acids is 3. The summed E-state index contributed by atoms with van der Waals surface area (Å²) in [6.07, 6.45) is 1.27. The molecule has 140 valence electrons. The number of ether oxygens (including phenoxy) is 3. The standard InChI is InChI=1S/C17H18ClNO6S/c1-2-23-16(21)9-15-19(14(20)11-26-15)6-7-24-17(22)10-25-13-5-3-4-12(18)8-13/h3-5,8-9H,2,6-7,10-11H2,1H3/b15-9-. The molecule has 26 heavy (non-hydrogen) atoms. The molecule has 0 aliphatic carbocycles. The van der Waals surface area contributed by atoms with Gasteiger partial charge in [0.05, 0.1) is 30.0 Å². The maximum absolute atomic E-state index is 11.9. The molecule has 1 aliphatic heterocycles. The molecular formula is C17H18ClNO6S. The van der Waals surface area contributed by atoms with Crippen LogP contribution in [0.1, 0.15) is 6.92 Å². The van der Waals surface area contributed by atoms with Gasteiger partial charge in [-0.1, -0.05) is 29.4 Å². The zero-order valence-electron chi connectivity index (χ0n) is 14.1. The summed E-state index contributed by atoms with van der Waals surface area (Å²) in [4.78, 5) is 36.5. The lowest BCUT2D eigenvalue weighted by atomic mass is 10.3. The van der Waals surface area contributed by atoms with Crippen LogP contribution in [-0.4, -0.2) is 54.9 Å². The van der Waals surface area contributed by atoms with Crippen molar-refractivity contribution in [2.45, 2.75) is 6.92 Å². The van der Waals surface area contributed by atoms with Gasteiger partial charge in [0.1, 0.15) is 12.4 Å². The van der Waals surface area contributed by atoms with Gasteiger partial charge < -0.3 is 19.1 Å². The van der Waals surface area contributed by atoms with Gasteiger partial charge in [0, 0.05) is 5.02 Å². The molecule has 0 bridgehead atoms. The van der Waals surface area contributed by atoms with Crippen molar-refractivity contribution in [1.82, 2.24) is 4.90 Å². The molecule has 2 rings (SSSR count). The smallest absolute Gasteiger partial charge is 0.344 e. The van der Waals surface area contributed by atoms with E-state index in [4.69, 9.17) is 25.8 Å². The van der Waals surface area contributed by atoms with E-state index in [1.54, 1.807) is 31.2 Å². The molecule has 0 atom stereocenters. The van der Waals surface area contributed by atoms with Gasteiger partial charge in [-0.05, 0) is 25.1 Å². The number of hydrogen-bond acceptors (Lipinski definition) is 7. The Morgan fingerprint density at radius 1 is 1.35 bits per heavy atom. The van der Waals surface area contributed by atoms with Crippen LogP contribution in [-0.2, 0) is 23.9 Å². The predicted octanol–water partition coefficient (Wildman–Crippen LogP) is 2.24. The summed E-state index contributed by atoms with van der Waals surface area (Å²) in [6, 6.07) is 6.66. The predicted molar refractivity (Wildman–Crippen MR) is 96.8 cm³/mol. The van der Waals surface area contributed by atoms with Crippen LogP contribution in [0, 0.1) is 0 Å². The number of benzene rings is 1. The number of thioether (sulfide) groups is 1. The molecule has 0 radical (unpaired) electrons. The minimum Gasteiger partial charge on any atom is -0.482 e. The van der Waals surface area contributed by atoms with E-state index in [2.05, 4.69) is 0 Å². The van der Waals surface area contributed by atoms with Crippen LogP contribution in [0.15, 0.2) is 35.4 Å². The maximum Gasteiger partial charge on any atom is 0.344 e. The van der Waals surface area contributed by atoms with Crippen molar-refractivity contribution in [3.8, 4) is 5.75 Å². The summed E-state index contributed by atoms with van der Waals surface area (Å²) in [5.74, 6) is -0.546. The Morgan fingerprint density at radius 3 is 2.88 bits per heavy atom. The largest absolute Gasteiger partial charge is 0.482 e. The fourth-order valence-corrected chi connectivity index (χ4v) is 3.18. The highest BCUT2D eigenvalue weighted by Crippen LogP contribution is 2.28. The number of halogens is 1. The minimum atomic E-state index is -0.569. The van der Waals surface area contributed by atoms with E-state index >= 15 is 0 Å². The number of carbonyl (C=O) groups is 3. The Kier molecular flexibility index (Phi) is 7.80. The van der Waals surface area contributed by atoms with Crippen LogP contribution in [0.2, 0.25) is 5.02 Å². The zero-order valence-corrected chi connectivity index (χ0v) is 15.7. The van der Waals surface area contributed by atoms with Crippen molar-refractivity contribution in [2.24, 2.45) is 0 Å². The van der Waals surface area contributed by atoms with Crippen LogP contribution in [0.3, 0.4) is 0 Å². The van der Waals surface area contributed by atoms with Gasteiger partial charge in [-0.25, -0.2) is 9.59 Å². The molecule has 0 saturated carbocycles. The molecular weight excluding hydrogens is 382 g/mol. The fourth-order valence-electron chi connectivity index (χ4n) is 2.05. The highest BCUT2D eigenvalue weighted by Gasteiger charge is 2.27. The topological polar surface area (TPSA) is 82.1 Å². The second-order valence-corrected chi connectivity index (χ2v) is 6.47. The summed E-state index contributed by atoms with van der Waals surface area (Å²) in [5, 5.41) is 0.988. The summed E-state index contributed by atoms with van der Waals surface area (Å²) in [6.45, 7) is 1.83. The van der Waals surface area contributed by atoms with Gasteiger partial charge in [0.2, 0.25) is 5.91 Å². The average molecular weight is 400 g/mol. The van der Waals surface area contributed by atoms with Crippen LogP contribution in [0.25, 0.3) is 0 Å². The molecule has 1 aromatic carbocycles. The van der Waals surface area contributed by atoms with Gasteiger partial charge >= 0.3 is 11.9 Å². The van der Waals surface area contributed by atoms with E-state index in [1.807, 2.05) is 0 Å². The second kappa shape index (κ2) is 10.1. The second-order valence-electron chi connectivity index (χ2n) is 5.04. The average Bonchev–Trinajstić information content (AvgIpc) is 2.93. The summed E-state index contributed by atoms with van der Waals surface area (Å²) < 4.78 is 15.2. The molecule has 9 heteroatoms. The molecule has 1 saturated heterocycles. The third kappa shape index (κ3) is 6.27. The Morgan fingerprint density at radius 2 is 2.15 bits per heavy atom. The van der Waals surface area contributed by atoms with E-state index in [1.165, 1.54) is 22.7 Å². The van der Waals surface area contributed by atoms with Crippen LogP contribution in [0.4, 0.5) is 0 Å². The maximum atomic E-state index is 11.9. The molecule has 1 heterocycles. The highest BCUT2D eigenvalue weighted by atomic mass is 35.5. The first-order chi connectivity index (χ1) is 12.5. The van der Waals surface area contributed by atoms with E-state index in [0.717, 1.165) is 0 Å². The van der Waals surface area contributed by atoms with Crippen molar-refractivity contribution in [3.63, 3.8) is 0 Å². The molecule has 1 aromatic rings. The van der Waals surface area contributed by atoms with Crippen molar-refractivity contribution in [3.05, 3.63) is 40.4 Å². The van der Waals surface area contributed by atoms with Crippen LogP contribution >= 0.6 is 23.4 Å². The Bertz CT molecular complexity index is 708. The van der Waals surface area contributed by atoms with Crippen molar-refractivity contribution >= 4 is 41.2 Å². The molecule has 1 aliphatic rings. The summed E-state index contributed by atoms with van der Waals surface area (Å²) >= 11 is 7.07. The van der Waals surface area contributed by atoms with E-state index in [-0.39, 0.29) is 38.0 Å². The lowest BCUT2D eigenvalue weighted by Crippen LogP contribution is -2.30. The quantitative estimate of drug-likeness (QED) is 0.489. The number of amides is 1. The van der Waals surface area contributed by atoms with E-state index in [9.17, 15) is 14.4 Å². The van der Waals surface area contributed by atoms with Gasteiger partial charge in [-0.2, -0.15) is 0 Å². The Labute approximate surface area is 160 Å². The molecule has 7 nitrogen and oxygen atoms in total. The molecule has 1 fully saturated rings. The normalized spacial score (nSPS) is 15.2. The number of esters is 2. The van der Waals surface area contributed by atoms with Gasteiger partial charge in [-0.15, -0.1) is 0 Å². The van der Waals surface area contributed by atoms with Crippen molar-refractivity contribution < 1.29 is 28.6 Å². The Balaban J connectivity index is 1.77. The molecule has 1 amide bonds. The fraction of sp³-hybridized carbons (Fsp3) is 0.353. The third-order valence-electron chi connectivity index (χ3n) is 3.17. The third-order valence-corrected chi connectivity index (χ3v) is 4.43. The molecule has 0 unspecified atom stereocenters. The zero-order chi connectivity index (χ0) is 18.9. The van der Waals surface area contributed by atoms with Crippen LogP contribution in [0.5, 0.6) is 5.75 Å². The molecule has 0 N–H and O–H groups in total. The number of nitrogens with zero attached hydrogens (tertiary/aromatic N) is 1. The first-order valence-corrected chi connectivity index (χ1v) is 9.21. The van der Waals surface area contributed by atoms with E-state index < -0.39 is 11.9 Å². The highest BCUT2D eigenvalue weighted by molar-refractivity contribution is 8.04.